The van der Waals surface area contributed by atoms with Gasteiger partial charge in [-0.1, -0.05) is 15.9 Å². The van der Waals surface area contributed by atoms with Gasteiger partial charge in [0.15, 0.2) is 5.82 Å². The van der Waals surface area contributed by atoms with Crippen molar-refractivity contribution in [2.24, 2.45) is 11.8 Å². The Bertz CT molecular complexity index is 1020. The van der Waals surface area contributed by atoms with Crippen LogP contribution in [0.15, 0.2) is 22.7 Å². The Hall–Kier alpha value is -1.86. The Kier molecular flexibility index (Phi) is 4.87. The van der Waals surface area contributed by atoms with Crippen LogP contribution < -0.4 is 4.90 Å². The number of nitrogens with zero attached hydrogens (tertiary/aromatic N) is 4. The molecule has 1 aromatic carbocycles. The number of anilines is 2. The van der Waals surface area contributed by atoms with E-state index in [2.05, 4.69) is 43.7 Å². The number of rotatable bonds is 3. The van der Waals surface area contributed by atoms with E-state index in [1.807, 2.05) is 4.90 Å². The second-order valence-electron chi connectivity index (χ2n) is 9.59. The Morgan fingerprint density at radius 1 is 1.23 bits per heavy atom. The molecule has 0 spiro atoms. The van der Waals surface area contributed by atoms with Gasteiger partial charge in [0.1, 0.15) is 0 Å². The van der Waals surface area contributed by atoms with Crippen LogP contribution in [0.5, 0.6) is 0 Å². The highest BCUT2D eigenvalue weighted by atomic mass is 79.9. The minimum absolute atomic E-state index is 0.146. The molecule has 4 heterocycles. The van der Waals surface area contributed by atoms with Gasteiger partial charge >= 0.3 is 0 Å². The summed E-state index contributed by atoms with van der Waals surface area (Å²) in [6, 6.07) is 6.96. The van der Waals surface area contributed by atoms with Crippen LogP contribution in [0.25, 0.3) is 0 Å². The maximum atomic E-state index is 12.2. The molecule has 0 radical (unpaired) electrons. The lowest BCUT2D eigenvalue weighted by molar-refractivity contribution is -0.129. The van der Waals surface area contributed by atoms with E-state index in [0.717, 1.165) is 61.8 Å². The molecule has 6 rings (SSSR count). The normalized spacial score (nSPS) is 25.5. The topological polar surface area (TPSA) is 50.6 Å². The number of ether oxygens (including phenoxy) is 1. The summed E-state index contributed by atoms with van der Waals surface area (Å²) < 4.78 is 9.08. The van der Waals surface area contributed by atoms with Crippen LogP contribution >= 0.6 is 15.9 Å². The molecule has 164 valence electrons. The quantitative estimate of drug-likeness (QED) is 0.653. The summed E-state index contributed by atoms with van der Waals surface area (Å²) in [4.78, 5) is 16.6. The maximum Gasteiger partial charge on any atom is 0.219 e. The second-order valence-corrected chi connectivity index (χ2v) is 10.5. The van der Waals surface area contributed by atoms with Crippen molar-refractivity contribution in [1.82, 2.24) is 14.7 Å². The lowest BCUT2D eigenvalue weighted by atomic mass is 9.88. The largest absolute Gasteiger partial charge is 0.379 e. The molecule has 1 amide bonds. The van der Waals surface area contributed by atoms with Gasteiger partial charge in [-0.2, -0.15) is 5.10 Å². The van der Waals surface area contributed by atoms with E-state index >= 15 is 0 Å². The SMILES string of the molecule is CC(=O)N1CCc2c(c(N3CC(C4CC4)Cc4cc(Br)ccc43)nn2C2CCOC2)C1. The van der Waals surface area contributed by atoms with Crippen molar-refractivity contribution in [3.63, 3.8) is 0 Å². The minimum atomic E-state index is 0.146. The third-order valence-corrected chi connectivity index (χ3v) is 8.03. The van der Waals surface area contributed by atoms with Gasteiger partial charge in [-0.15, -0.1) is 0 Å². The molecule has 1 aliphatic carbocycles. The molecule has 3 aliphatic heterocycles. The van der Waals surface area contributed by atoms with Gasteiger partial charge in [-0.3, -0.25) is 9.48 Å². The molecule has 6 nitrogen and oxygen atoms in total. The summed E-state index contributed by atoms with van der Waals surface area (Å²) in [5, 5.41) is 5.24. The van der Waals surface area contributed by atoms with E-state index in [1.54, 1.807) is 6.92 Å². The van der Waals surface area contributed by atoms with Crippen LogP contribution in [0, 0.1) is 11.8 Å². The monoisotopic (exact) mass is 484 g/mol. The number of carbonyl (C=O) groups is 1. The van der Waals surface area contributed by atoms with Gasteiger partial charge in [-0.25, -0.2) is 0 Å². The lowest BCUT2D eigenvalue weighted by Gasteiger charge is -2.36. The number of hydrogen-bond donors (Lipinski definition) is 0. The molecule has 31 heavy (non-hydrogen) atoms. The third kappa shape index (κ3) is 3.50. The molecule has 7 heteroatoms. The van der Waals surface area contributed by atoms with Crippen LogP contribution in [0.3, 0.4) is 0 Å². The van der Waals surface area contributed by atoms with Crippen LogP contribution in [0.4, 0.5) is 11.5 Å². The first kappa shape index (κ1) is 19.8. The molecular weight excluding hydrogens is 456 g/mol. The van der Waals surface area contributed by atoms with Crippen LogP contribution in [-0.4, -0.2) is 46.9 Å². The molecule has 2 unspecified atom stereocenters. The standard InChI is InChI=1S/C24H29BrN4O2/c1-15(30)27-8-6-23-21(13-27)24(26-29(23)20-7-9-31-14-20)28-12-18(16-2-3-16)10-17-11-19(25)4-5-22(17)28/h4-5,11,16,18,20H,2-3,6-10,12-14H2,1H3. The number of hydrogen-bond acceptors (Lipinski definition) is 4. The summed E-state index contributed by atoms with van der Waals surface area (Å²) in [7, 11) is 0. The molecule has 2 atom stereocenters. The van der Waals surface area contributed by atoms with Crippen molar-refractivity contribution in [1.29, 1.82) is 0 Å². The van der Waals surface area contributed by atoms with Gasteiger partial charge in [-0.05, 0) is 61.3 Å². The van der Waals surface area contributed by atoms with Gasteiger partial charge in [0, 0.05) is 54.5 Å². The molecule has 1 saturated carbocycles. The molecule has 4 aliphatic rings. The summed E-state index contributed by atoms with van der Waals surface area (Å²) >= 11 is 3.68. The van der Waals surface area contributed by atoms with E-state index in [4.69, 9.17) is 9.84 Å². The smallest absolute Gasteiger partial charge is 0.219 e. The zero-order chi connectivity index (χ0) is 21.1. The molecular formula is C24H29BrN4O2. The van der Waals surface area contributed by atoms with E-state index < -0.39 is 0 Å². The molecule has 1 aromatic heterocycles. The Labute approximate surface area is 191 Å². The first-order valence-corrected chi connectivity index (χ1v) is 12.4. The second kappa shape index (κ2) is 7.62. The Morgan fingerprint density at radius 2 is 2.10 bits per heavy atom. The summed E-state index contributed by atoms with van der Waals surface area (Å²) in [5.41, 5.74) is 5.22. The highest BCUT2D eigenvalue weighted by molar-refractivity contribution is 9.10. The number of benzene rings is 1. The lowest BCUT2D eigenvalue weighted by Crippen LogP contribution is -2.37. The van der Waals surface area contributed by atoms with Gasteiger partial charge in [0.2, 0.25) is 5.91 Å². The van der Waals surface area contributed by atoms with Crippen molar-refractivity contribution >= 4 is 33.3 Å². The Balaban J connectivity index is 1.46. The fraction of sp³-hybridized carbons (Fsp3) is 0.583. The van der Waals surface area contributed by atoms with E-state index in [1.165, 1.54) is 35.3 Å². The number of fused-ring (bicyclic) bond motifs is 2. The van der Waals surface area contributed by atoms with Crippen molar-refractivity contribution in [2.45, 2.75) is 51.6 Å². The van der Waals surface area contributed by atoms with Crippen LogP contribution in [0.1, 0.15) is 49.0 Å². The first-order valence-electron chi connectivity index (χ1n) is 11.6. The highest BCUT2D eigenvalue weighted by Gasteiger charge is 2.39. The van der Waals surface area contributed by atoms with E-state index in [9.17, 15) is 4.79 Å². The molecule has 2 fully saturated rings. The predicted octanol–water partition coefficient (Wildman–Crippen LogP) is 4.23. The average Bonchev–Trinajstić information content (AvgIpc) is 3.34. The van der Waals surface area contributed by atoms with Crippen LogP contribution in [-0.2, 0) is 28.9 Å². The fourth-order valence-electron chi connectivity index (χ4n) is 5.68. The molecule has 2 aromatic rings. The fourth-order valence-corrected chi connectivity index (χ4v) is 6.08. The predicted molar refractivity (Wildman–Crippen MR) is 123 cm³/mol. The van der Waals surface area contributed by atoms with Crippen molar-refractivity contribution in [3.8, 4) is 0 Å². The van der Waals surface area contributed by atoms with E-state index in [-0.39, 0.29) is 5.91 Å². The van der Waals surface area contributed by atoms with Gasteiger partial charge in [0.25, 0.3) is 0 Å². The molecule has 0 bridgehead atoms. The van der Waals surface area contributed by atoms with Crippen molar-refractivity contribution in [3.05, 3.63) is 39.5 Å². The molecule has 1 saturated heterocycles. The number of aromatic nitrogens is 2. The van der Waals surface area contributed by atoms with Crippen molar-refractivity contribution in [2.75, 3.05) is 31.2 Å². The number of carbonyl (C=O) groups excluding carboxylic acids is 1. The summed E-state index contributed by atoms with van der Waals surface area (Å²) in [6.07, 6.45) is 5.73. The number of amides is 1. The number of halogens is 1. The van der Waals surface area contributed by atoms with Crippen molar-refractivity contribution < 1.29 is 9.53 Å². The third-order valence-electron chi connectivity index (χ3n) is 7.54. The molecule has 0 N–H and O–H groups in total. The highest BCUT2D eigenvalue weighted by Crippen LogP contribution is 2.47. The Morgan fingerprint density at radius 3 is 2.84 bits per heavy atom. The summed E-state index contributed by atoms with van der Waals surface area (Å²) in [6.45, 7) is 5.66. The minimum Gasteiger partial charge on any atom is -0.379 e. The first-order chi connectivity index (χ1) is 15.1. The van der Waals surface area contributed by atoms with E-state index in [0.29, 0.717) is 18.5 Å². The summed E-state index contributed by atoms with van der Waals surface area (Å²) in [5.74, 6) is 2.71. The average molecular weight is 485 g/mol. The van der Waals surface area contributed by atoms with Gasteiger partial charge < -0.3 is 14.5 Å². The zero-order valence-corrected chi connectivity index (χ0v) is 19.6. The van der Waals surface area contributed by atoms with Gasteiger partial charge in [0.05, 0.1) is 19.2 Å². The maximum absolute atomic E-state index is 12.2. The van der Waals surface area contributed by atoms with Crippen LogP contribution in [0.2, 0.25) is 0 Å². The zero-order valence-electron chi connectivity index (χ0n) is 18.0.